The highest BCUT2D eigenvalue weighted by Crippen LogP contribution is 2.34. The molecule has 29 heavy (non-hydrogen) atoms. The number of pyridine rings is 1. The van der Waals surface area contributed by atoms with Crippen LogP contribution in [0.5, 0.6) is 0 Å². The Hall–Kier alpha value is -2.85. The number of benzene rings is 2. The summed E-state index contributed by atoms with van der Waals surface area (Å²) >= 11 is 6.17. The van der Waals surface area contributed by atoms with Crippen LogP contribution < -0.4 is 5.32 Å². The number of carboxylic acid groups (broad SMARTS) is 1. The summed E-state index contributed by atoms with van der Waals surface area (Å²) in [5.41, 5.74) is 7.67. The van der Waals surface area contributed by atoms with Crippen LogP contribution in [0.3, 0.4) is 0 Å². The van der Waals surface area contributed by atoms with Crippen molar-refractivity contribution in [2.75, 3.05) is 5.32 Å². The van der Waals surface area contributed by atoms with Crippen molar-refractivity contribution >= 4 is 28.9 Å². The predicted molar refractivity (Wildman–Crippen MR) is 117 cm³/mol. The number of fused-ring (bicyclic) bond motifs is 1. The number of aryl methyl sites for hydroxylation is 2. The number of aliphatic carboxylic acids is 1. The van der Waals surface area contributed by atoms with Crippen molar-refractivity contribution in [1.82, 2.24) is 4.98 Å². The van der Waals surface area contributed by atoms with Gasteiger partial charge in [-0.3, -0.25) is 9.78 Å². The third-order valence-corrected chi connectivity index (χ3v) is 5.49. The van der Waals surface area contributed by atoms with Crippen molar-refractivity contribution in [2.45, 2.75) is 38.5 Å². The average Bonchev–Trinajstić information content (AvgIpc) is 3.18. The van der Waals surface area contributed by atoms with Gasteiger partial charge in [0.05, 0.1) is 5.69 Å². The van der Waals surface area contributed by atoms with Crippen molar-refractivity contribution in [3.05, 3.63) is 76.4 Å². The van der Waals surface area contributed by atoms with Crippen LogP contribution in [0.1, 0.15) is 36.1 Å². The Morgan fingerprint density at radius 1 is 1.10 bits per heavy atom. The minimum atomic E-state index is -0.745. The molecular formula is C24H23ClN2O2. The first-order valence-corrected chi connectivity index (χ1v) is 10.3. The number of rotatable bonds is 7. The van der Waals surface area contributed by atoms with E-state index in [4.69, 9.17) is 21.7 Å². The molecule has 2 aromatic carbocycles. The normalized spacial score (nSPS) is 12.6. The van der Waals surface area contributed by atoms with Crippen molar-refractivity contribution in [1.29, 1.82) is 0 Å². The maximum absolute atomic E-state index is 10.7. The van der Waals surface area contributed by atoms with Crippen LogP contribution in [0.4, 0.5) is 11.4 Å². The lowest BCUT2D eigenvalue weighted by molar-refractivity contribution is -0.137. The molecule has 4 rings (SSSR count). The van der Waals surface area contributed by atoms with Crippen LogP contribution in [0.25, 0.3) is 11.3 Å². The summed E-state index contributed by atoms with van der Waals surface area (Å²) in [5.74, 6) is -0.745. The zero-order valence-corrected chi connectivity index (χ0v) is 16.9. The van der Waals surface area contributed by atoms with Crippen LogP contribution in [-0.4, -0.2) is 16.1 Å². The molecule has 1 heterocycles. The molecule has 1 aliphatic carbocycles. The van der Waals surface area contributed by atoms with Gasteiger partial charge in [-0.1, -0.05) is 35.9 Å². The number of carboxylic acids is 1. The van der Waals surface area contributed by atoms with Crippen molar-refractivity contribution in [3.8, 4) is 11.3 Å². The molecule has 0 radical (unpaired) electrons. The van der Waals surface area contributed by atoms with Crippen LogP contribution in [0.15, 0.2) is 54.6 Å². The van der Waals surface area contributed by atoms with E-state index >= 15 is 0 Å². The first-order chi connectivity index (χ1) is 14.1. The molecule has 0 aliphatic heterocycles. The van der Waals surface area contributed by atoms with Crippen molar-refractivity contribution in [2.24, 2.45) is 0 Å². The Balaban J connectivity index is 1.56. The number of nitrogens with zero attached hydrogens (tertiary/aromatic N) is 1. The zero-order chi connectivity index (χ0) is 20.2. The number of hydrogen-bond donors (Lipinski definition) is 2. The number of aromatic nitrogens is 1. The van der Waals surface area contributed by atoms with Crippen LogP contribution in [0.2, 0.25) is 5.02 Å². The van der Waals surface area contributed by atoms with Gasteiger partial charge >= 0.3 is 5.97 Å². The quantitative estimate of drug-likeness (QED) is 0.502. The Labute approximate surface area is 175 Å². The van der Waals surface area contributed by atoms with Crippen LogP contribution in [-0.2, 0) is 24.1 Å². The second kappa shape index (κ2) is 8.66. The number of halogens is 1. The van der Waals surface area contributed by atoms with Gasteiger partial charge in [0.25, 0.3) is 0 Å². The van der Waals surface area contributed by atoms with Gasteiger partial charge in [0.2, 0.25) is 0 Å². The summed E-state index contributed by atoms with van der Waals surface area (Å²) in [6.07, 6.45) is 4.79. The van der Waals surface area contributed by atoms with E-state index in [-0.39, 0.29) is 6.42 Å². The minimum Gasteiger partial charge on any atom is -0.481 e. The smallest absolute Gasteiger partial charge is 0.303 e. The molecule has 1 aromatic heterocycles. The molecule has 0 unspecified atom stereocenters. The number of anilines is 2. The Morgan fingerprint density at radius 3 is 2.69 bits per heavy atom. The van der Waals surface area contributed by atoms with Crippen LogP contribution in [0, 0.1) is 0 Å². The highest BCUT2D eigenvalue weighted by atomic mass is 35.5. The number of carbonyl (C=O) groups is 1. The summed E-state index contributed by atoms with van der Waals surface area (Å²) in [4.78, 5) is 15.5. The van der Waals surface area contributed by atoms with Gasteiger partial charge in [-0.2, -0.15) is 0 Å². The van der Waals surface area contributed by atoms with E-state index in [0.29, 0.717) is 11.4 Å². The second-order valence-corrected chi connectivity index (χ2v) is 7.85. The highest BCUT2D eigenvalue weighted by Gasteiger charge is 2.19. The molecule has 0 fully saturated rings. The highest BCUT2D eigenvalue weighted by molar-refractivity contribution is 6.30. The molecule has 0 bridgehead atoms. The fraction of sp³-hybridized carbons (Fsp3) is 0.250. The fourth-order valence-electron chi connectivity index (χ4n) is 3.80. The topological polar surface area (TPSA) is 62.2 Å². The largest absolute Gasteiger partial charge is 0.481 e. The summed E-state index contributed by atoms with van der Waals surface area (Å²) < 4.78 is 0. The molecule has 0 saturated carbocycles. The summed E-state index contributed by atoms with van der Waals surface area (Å²) in [6.45, 7) is 0. The standard InChI is InChI=1S/C24H23ClN2O2/c25-18-6-2-5-17(14-18)22-15-23(20-7-3-8-21(20)27-22)26-19-12-10-16(11-13-19)4-1-9-24(28)29/h2,5-6,10-15H,1,3-4,7-9H2,(H,26,27)(H,28,29). The first-order valence-electron chi connectivity index (χ1n) is 9.95. The molecule has 0 amide bonds. The molecule has 5 heteroatoms. The molecule has 4 nitrogen and oxygen atoms in total. The van der Waals surface area contributed by atoms with Crippen LogP contribution >= 0.6 is 11.6 Å². The monoisotopic (exact) mass is 406 g/mol. The Kier molecular flexibility index (Phi) is 5.81. The fourth-order valence-corrected chi connectivity index (χ4v) is 3.99. The number of hydrogen-bond acceptors (Lipinski definition) is 3. The third-order valence-electron chi connectivity index (χ3n) is 5.26. The lowest BCUT2D eigenvalue weighted by atomic mass is 10.1. The summed E-state index contributed by atoms with van der Waals surface area (Å²) in [6, 6.07) is 18.1. The van der Waals surface area contributed by atoms with Gasteiger partial charge in [-0.15, -0.1) is 0 Å². The average molecular weight is 407 g/mol. The van der Waals surface area contributed by atoms with E-state index in [9.17, 15) is 4.79 Å². The first kappa shape index (κ1) is 19.5. The van der Waals surface area contributed by atoms with Gasteiger partial charge in [0, 0.05) is 34.1 Å². The van der Waals surface area contributed by atoms with Gasteiger partial charge in [-0.25, -0.2) is 0 Å². The maximum atomic E-state index is 10.7. The molecule has 148 valence electrons. The SMILES string of the molecule is O=C(O)CCCc1ccc(Nc2cc(-c3cccc(Cl)c3)nc3c2CCC3)cc1. The second-order valence-electron chi connectivity index (χ2n) is 7.41. The zero-order valence-electron chi connectivity index (χ0n) is 16.1. The maximum Gasteiger partial charge on any atom is 0.303 e. The van der Waals surface area contributed by atoms with E-state index in [1.165, 1.54) is 5.56 Å². The van der Waals surface area contributed by atoms with Gasteiger partial charge in [-0.05, 0) is 73.6 Å². The van der Waals surface area contributed by atoms with E-state index < -0.39 is 5.97 Å². The summed E-state index contributed by atoms with van der Waals surface area (Å²) in [5, 5.41) is 13.0. The lowest BCUT2D eigenvalue weighted by Gasteiger charge is -2.14. The van der Waals surface area contributed by atoms with Gasteiger partial charge in [0.15, 0.2) is 0 Å². The van der Waals surface area contributed by atoms with E-state index in [1.54, 1.807) is 0 Å². The van der Waals surface area contributed by atoms with Crippen molar-refractivity contribution in [3.63, 3.8) is 0 Å². The molecule has 0 spiro atoms. The lowest BCUT2D eigenvalue weighted by Crippen LogP contribution is -2.00. The molecule has 0 saturated heterocycles. The molecule has 0 atom stereocenters. The Morgan fingerprint density at radius 2 is 1.93 bits per heavy atom. The van der Waals surface area contributed by atoms with E-state index in [0.717, 1.165) is 59.6 Å². The van der Waals surface area contributed by atoms with Crippen molar-refractivity contribution < 1.29 is 9.90 Å². The van der Waals surface area contributed by atoms with E-state index in [1.807, 2.05) is 24.3 Å². The molecule has 1 aliphatic rings. The molecule has 3 aromatic rings. The molecular weight excluding hydrogens is 384 g/mol. The number of nitrogens with one attached hydrogen (secondary N) is 1. The van der Waals surface area contributed by atoms with Gasteiger partial charge in [0.1, 0.15) is 0 Å². The third kappa shape index (κ3) is 4.77. The van der Waals surface area contributed by atoms with E-state index in [2.05, 4.69) is 35.6 Å². The predicted octanol–water partition coefficient (Wildman–Crippen LogP) is 6.04. The minimum absolute atomic E-state index is 0.204. The Bertz CT molecular complexity index is 1030. The van der Waals surface area contributed by atoms with Gasteiger partial charge < -0.3 is 10.4 Å². The molecule has 2 N–H and O–H groups in total. The summed E-state index contributed by atoms with van der Waals surface area (Å²) in [7, 11) is 0.